The number of benzene rings is 1. The van der Waals surface area contributed by atoms with Gasteiger partial charge < -0.3 is 0 Å². The third-order valence-corrected chi connectivity index (χ3v) is 5.63. The summed E-state index contributed by atoms with van der Waals surface area (Å²) in [6, 6.07) is 5.09. The number of rotatable bonds is 5. The van der Waals surface area contributed by atoms with Gasteiger partial charge >= 0.3 is 0 Å². The maximum absolute atomic E-state index is 12.2. The van der Waals surface area contributed by atoms with E-state index in [1.54, 1.807) is 18.2 Å². The molecule has 0 saturated carbocycles. The summed E-state index contributed by atoms with van der Waals surface area (Å²) < 4.78 is 28.2. The molecule has 10 heteroatoms. The number of hydrogen-bond acceptors (Lipinski definition) is 4. The molecule has 0 fully saturated rings. The van der Waals surface area contributed by atoms with Crippen LogP contribution in [0.1, 0.15) is 5.56 Å². The summed E-state index contributed by atoms with van der Waals surface area (Å²) >= 11 is 14.9. The predicted octanol–water partition coefficient (Wildman–Crippen LogP) is 2.41. The molecule has 1 aromatic carbocycles. The van der Waals surface area contributed by atoms with Crippen LogP contribution in [0.5, 0.6) is 0 Å². The minimum absolute atomic E-state index is 0.0234. The molecule has 0 amide bonds. The second-order valence-electron chi connectivity index (χ2n) is 4.19. The van der Waals surface area contributed by atoms with Gasteiger partial charge in [0.2, 0.25) is 5.03 Å². The third kappa shape index (κ3) is 3.95. The number of aromatic nitrogens is 3. The maximum atomic E-state index is 12.2. The highest BCUT2D eigenvalue weighted by Gasteiger charge is 2.23. The molecule has 0 aliphatic heterocycles. The van der Waals surface area contributed by atoms with E-state index in [1.165, 1.54) is 11.7 Å². The van der Waals surface area contributed by atoms with Crippen LogP contribution in [-0.4, -0.2) is 30.0 Å². The highest BCUT2D eigenvalue weighted by atomic mass is 79.9. The first kappa shape index (κ1) is 16.7. The Morgan fingerprint density at radius 3 is 2.67 bits per heavy atom. The Morgan fingerprint density at radius 1 is 1.38 bits per heavy atom. The molecule has 1 aromatic heterocycles. The second kappa shape index (κ2) is 6.62. The normalized spacial score (nSPS) is 11.8. The van der Waals surface area contributed by atoms with Crippen LogP contribution in [0, 0.1) is 0 Å². The van der Waals surface area contributed by atoms with Gasteiger partial charge in [0.1, 0.15) is 0 Å². The van der Waals surface area contributed by atoms with E-state index in [-0.39, 0.29) is 16.2 Å². The van der Waals surface area contributed by atoms with Gasteiger partial charge in [0.05, 0.1) is 0 Å². The number of nitrogens with zero attached hydrogens (tertiary/aromatic N) is 3. The number of nitrogens with one attached hydrogen (secondary N) is 1. The van der Waals surface area contributed by atoms with Crippen LogP contribution in [0.3, 0.4) is 0 Å². The molecule has 0 saturated heterocycles. The van der Waals surface area contributed by atoms with Crippen LogP contribution in [0.4, 0.5) is 0 Å². The van der Waals surface area contributed by atoms with Crippen molar-refractivity contribution in [3.63, 3.8) is 0 Å². The second-order valence-corrected chi connectivity index (χ2v) is 7.47. The van der Waals surface area contributed by atoms with Gasteiger partial charge in [0, 0.05) is 23.6 Å². The van der Waals surface area contributed by atoms with E-state index < -0.39 is 10.0 Å². The van der Waals surface area contributed by atoms with Crippen LogP contribution in [0.15, 0.2) is 27.8 Å². The molecule has 0 aliphatic carbocycles. The molecule has 0 unspecified atom stereocenters. The molecule has 2 aromatic rings. The van der Waals surface area contributed by atoms with E-state index in [9.17, 15) is 8.42 Å². The predicted molar refractivity (Wildman–Crippen MR) is 84.1 cm³/mol. The highest BCUT2D eigenvalue weighted by Crippen LogP contribution is 2.21. The molecule has 0 atom stereocenters. The summed E-state index contributed by atoms with van der Waals surface area (Å²) in [5.41, 5.74) is 0.811. The van der Waals surface area contributed by atoms with E-state index in [0.29, 0.717) is 16.5 Å². The smallest absolute Gasteiger partial charge is 0.235 e. The molecule has 6 nitrogen and oxygen atoms in total. The van der Waals surface area contributed by atoms with Crippen LogP contribution in [0.25, 0.3) is 0 Å². The topological polar surface area (TPSA) is 76.9 Å². The third-order valence-electron chi connectivity index (χ3n) is 2.69. The van der Waals surface area contributed by atoms with E-state index in [4.69, 9.17) is 23.2 Å². The first-order valence-corrected chi connectivity index (χ1v) is 8.83. The summed E-state index contributed by atoms with van der Waals surface area (Å²) in [7, 11) is -2.20. The van der Waals surface area contributed by atoms with Gasteiger partial charge in [-0.05, 0) is 40.0 Å². The zero-order valence-corrected chi connectivity index (χ0v) is 14.8. The van der Waals surface area contributed by atoms with Crippen molar-refractivity contribution in [2.45, 2.75) is 11.4 Å². The zero-order chi connectivity index (χ0) is 15.6. The minimum Gasteiger partial charge on any atom is -0.235 e. The summed E-state index contributed by atoms with van der Waals surface area (Å²) in [5.74, 6) is 0. The first-order valence-electron chi connectivity index (χ1n) is 5.80. The number of aryl methyl sites for hydroxylation is 1. The number of halogens is 3. The van der Waals surface area contributed by atoms with Crippen molar-refractivity contribution in [3.8, 4) is 0 Å². The molecule has 1 heterocycles. The molecule has 2 rings (SSSR count). The van der Waals surface area contributed by atoms with Gasteiger partial charge in [-0.3, -0.25) is 0 Å². The van der Waals surface area contributed by atoms with Crippen molar-refractivity contribution in [2.75, 3.05) is 6.54 Å². The van der Waals surface area contributed by atoms with Gasteiger partial charge in [0.25, 0.3) is 10.0 Å². The fraction of sp³-hybridized carbons (Fsp3) is 0.273. The largest absolute Gasteiger partial charge is 0.260 e. The Hall–Kier alpha value is -0.670. The molecule has 21 heavy (non-hydrogen) atoms. The average molecular weight is 414 g/mol. The van der Waals surface area contributed by atoms with Gasteiger partial charge in [-0.2, -0.15) is 0 Å². The lowest BCUT2D eigenvalue weighted by atomic mass is 10.1. The molecule has 0 spiro atoms. The zero-order valence-electron chi connectivity index (χ0n) is 10.8. The Kier molecular flexibility index (Phi) is 5.26. The van der Waals surface area contributed by atoms with Crippen LogP contribution < -0.4 is 4.72 Å². The van der Waals surface area contributed by atoms with Crippen molar-refractivity contribution >= 4 is 49.2 Å². The van der Waals surface area contributed by atoms with Crippen molar-refractivity contribution in [1.82, 2.24) is 19.7 Å². The lowest BCUT2D eigenvalue weighted by Crippen LogP contribution is -2.28. The summed E-state index contributed by atoms with van der Waals surface area (Å²) in [5, 5.41) is 8.30. The first-order chi connectivity index (χ1) is 9.81. The lowest BCUT2D eigenvalue weighted by Gasteiger charge is -2.08. The average Bonchev–Trinajstić information content (AvgIpc) is 2.72. The SMILES string of the molecule is Cn1nnc(Br)c1S(=O)(=O)NCCc1ccc(Cl)cc1Cl. The monoisotopic (exact) mass is 412 g/mol. The quantitative estimate of drug-likeness (QED) is 0.816. The van der Waals surface area contributed by atoms with Crippen LogP contribution in [-0.2, 0) is 23.5 Å². The van der Waals surface area contributed by atoms with Gasteiger partial charge in [-0.15, -0.1) is 5.10 Å². The Morgan fingerprint density at radius 2 is 2.10 bits per heavy atom. The molecular weight excluding hydrogens is 403 g/mol. The van der Waals surface area contributed by atoms with E-state index >= 15 is 0 Å². The van der Waals surface area contributed by atoms with E-state index in [2.05, 4.69) is 31.0 Å². The van der Waals surface area contributed by atoms with Crippen LogP contribution in [0.2, 0.25) is 10.0 Å². The lowest BCUT2D eigenvalue weighted by molar-refractivity contribution is 0.560. The van der Waals surface area contributed by atoms with Crippen LogP contribution >= 0.6 is 39.1 Å². The highest BCUT2D eigenvalue weighted by molar-refractivity contribution is 9.10. The fourth-order valence-electron chi connectivity index (χ4n) is 1.72. The maximum Gasteiger partial charge on any atom is 0.260 e. The van der Waals surface area contributed by atoms with E-state index in [0.717, 1.165) is 5.56 Å². The summed E-state index contributed by atoms with van der Waals surface area (Å²) in [6.45, 7) is 0.196. The molecule has 0 bridgehead atoms. The fourth-order valence-corrected chi connectivity index (χ4v) is 4.35. The molecule has 114 valence electrons. The number of hydrogen-bond donors (Lipinski definition) is 1. The Balaban J connectivity index is 2.06. The molecule has 0 radical (unpaired) electrons. The van der Waals surface area contributed by atoms with Crippen molar-refractivity contribution < 1.29 is 8.42 Å². The van der Waals surface area contributed by atoms with Crippen molar-refractivity contribution in [3.05, 3.63) is 38.4 Å². The van der Waals surface area contributed by atoms with E-state index in [1.807, 2.05) is 0 Å². The number of sulfonamides is 1. The molecule has 1 N–H and O–H groups in total. The Labute approximate surface area is 140 Å². The van der Waals surface area contributed by atoms with Crippen molar-refractivity contribution in [2.24, 2.45) is 7.05 Å². The summed E-state index contributed by atoms with van der Waals surface area (Å²) in [6.07, 6.45) is 0.443. The van der Waals surface area contributed by atoms with Gasteiger partial charge in [-0.1, -0.05) is 34.5 Å². The van der Waals surface area contributed by atoms with Gasteiger partial charge in [0.15, 0.2) is 4.60 Å². The summed E-state index contributed by atoms with van der Waals surface area (Å²) in [4.78, 5) is 0. The molecular formula is C11H11BrCl2N4O2S. The van der Waals surface area contributed by atoms with Gasteiger partial charge in [-0.25, -0.2) is 17.8 Å². The van der Waals surface area contributed by atoms with Crippen molar-refractivity contribution in [1.29, 1.82) is 0 Å². The molecule has 0 aliphatic rings. The standard InChI is InChI=1S/C11H11BrCl2N4O2S/c1-18-11(10(12)16-17-18)21(19,20)15-5-4-7-2-3-8(13)6-9(7)14/h2-3,6,15H,4-5H2,1H3. The minimum atomic E-state index is -3.70. The Bertz CT molecular complexity index is 744.